The Hall–Kier alpha value is -2.34. The lowest BCUT2D eigenvalue weighted by Crippen LogP contribution is -2.11. The Labute approximate surface area is 105 Å². The van der Waals surface area contributed by atoms with E-state index in [0.29, 0.717) is 11.6 Å². The maximum Gasteiger partial charge on any atom is 0.223 e. The van der Waals surface area contributed by atoms with E-state index < -0.39 is 0 Å². The minimum absolute atomic E-state index is 0.165. The molecule has 0 unspecified atom stereocenters. The number of hydrazine groups is 1. The molecule has 0 amide bonds. The Morgan fingerprint density at radius 3 is 2.44 bits per heavy atom. The third-order valence-corrected chi connectivity index (χ3v) is 2.54. The highest BCUT2D eigenvalue weighted by Crippen LogP contribution is 2.21. The van der Waals surface area contributed by atoms with Crippen molar-refractivity contribution in [1.82, 2.24) is 9.97 Å². The van der Waals surface area contributed by atoms with Gasteiger partial charge in [0.05, 0.1) is 0 Å². The second-order valence-electron chi connectivity index (χ2n) is 4.08. The molecule has 0 aliphatic heterocycles. The number of rotatable bonds is 3. The molecule has 94 valence electrons. The number of nitrogens with zero attached hydrogens (tertiary/aromatic N) is 2. The summed E-state index contributed by atoms with van der Waals surface area (Å²) in [5.74, 6) is 6.54. The van der Waals surface area contributed by atoms with Crippen LogP contribution in [0.25, 0.3) is 0 Å². The highest BCUT2D eigenvalue weighted by atomic mass is 15.3. The van der Waals surface area contributed by atoms with Gasteiger partial charge in [-0.05, 0) is 25.5 Å². The van der Waals surface area contributed by atoms with Gasteiger partial charge in [-0.3, -0.25) is 0 Å². The first-order valence-corrected chi connectivity index (χ1v) is 5.54. The molecule has 1 aromatic carbocycles. The molecule has 0 saturated carbocycles. The molecular weight excluding hydrogens is 228 g/mol. The molecule has 0 spiro atoms. The van der Waals surface area contributed by atoms with Gasteiger partial charge in [0.1, 0.15) is 11.6 Å². The van der Waals surface area contributed by atoms with Crippen LogP contribution in [0.4, 0.5) is 23.3 Å². The SMILES string of the molecule is Cc1ccc(Nc2cc(NN)nc(N)n2)c(C)c1. The predicted molar refractivity (Wildman–Crippen MR) is 73.5 cm³/mol. The fourth-order valence-electron chi connectivity index (χ4n) is 1.70. The second kappa shape index (κ2) is 4.89. The van der Waals surface area contributed by atoms with E-state index >= 15 is 0 Å². The number of nitrogens with two attached hydrogens (primary N) is 2. The minimum atomic E-state index is 0.165. The molecule has 1 aromatic heterocycles. The van der Waals surface area contributed by atoms with Crippen molar-refractivity contribution in [2.24, 2.45) is 5.84 Å². The first kappa shape index (κ1) is 12.1. The van der Waals surface area contributed by atoms with Crippen molar-refractivity contribution in [2.45, 2.75) is 13.8 Å². The first-order chi connectivity index (χ1) is 8.58. The molecule has 18 heavy (non-hydrogen) atoms. The van der Waals surface area contributed by atoms with Crippen molar-refractivity contribution in [3.63, 3.8) is 0 Å². The van der Waals surface area contributed by atoms with E-state index in [4.69, 9.17) is 11.6 Å². The quantitative estimate of drug-likeness (QED) is 0.484. The normalized spacial score (nSPS) is 10.2. The number of benzene rings is 1. The van der Waals surface area contributed by atoms with Crippen LogP contribution in [0.5, 0.6) is 0 Å². The van der Waals surface area contributed by atoms with Crippen LogP contribution in [0.2, 0.25) is 0 Å². The monoisotopic (exact) mass is 244 g/mol. The molecule has 2 aromatic rings. The van der Waals surface area contributed by atoms with Gasteiger partial charge >= 0.3 is 0 Å². The van der Waals surface area contributed by atoms with Crippen molar-refractivity contribution >= 4 is 23.3 Å². The van der Waals surface area contributed by atoms with Crippen LogP contribution in [-0.2, 0) is 0 Å². The Kier molecular flexibility index (Phi) is 3.29. The molecule has 1 heterocycles. The van der Waals surface area contributed by atoms with Gasteiger partial charge in [0.25, 0.3) is 0 Å². The Morgan fingerprint density at radius 2 is 1.78 bits per heavy atom. The third kappa shape index (κ3) is 2.67. The van der Waals surface area contributed by atoms with Crippen LogP contribution in [0, 0.1) is 13.8 Å². The summed E-state index contributed by atoms with van der Waals surface area (Å²) in [5, 5.41) is 3.19. The molecule has 6 heteroatoms. The number of nitrogen functional groups attached to an aromatic ring is 2. The van der Waals surface area contributed by atoms with E-state index in [1.165, 1.54) is 5.56 Å². The van der Waals surface area contributed by atoms with Gasteiger partial charge in [0, 0.05) is 11.8 Å². The molecular formula is C12H16N6. The predicted octanol–water partition coefficient (Wildman–Crippen LogP) is 1.70. The number of aryl methyl sites for hydroxylation is 2. The van der Waals surface area contributed by atoms with Gasteiger partial charge in [-0.25, -0.2) is 5.84 Å². The number of nitrogens with one attached hydrogen (secondary N) is 2. The van der Waals surface area contributed by atoms with Crippen LogP contribution < -0.4 is 22.3 Å². The number of anilines is 4. The summed E-state index contributed by atoms with van der Waals surface area (Å²) in [6, 6.07) is 7.81. The number of aromatic nitrogens is 2. The molecule has 0 aliphatic carbocycles. The molecule has 0 fully saturated rings. The first-order valence-electron chi connectivity index (χ1n) is 5.54. The van der Waals surface area contributed by atoms with Gasteiger partial charge < -0.3 is 16.5 Å². The lowest BCUT2D eigenvalue weighted by Gasteiger charge is -2.10. The highest BCUT2D eigenvalue weighted by molar-refractivity contribution is 5.63. The maximum absolute atomic E-state index is 5.59. The van der Waals surface area contributed by atoms with Crippen LogP contribution in [0.1, 0.15) is 11.1 Å². The number of hydrogen-bond acceptors (Lipinski definition) is 6. The van der Waals surface area contributed by atoms with E-state index in [1.807, 2.05) is 19.1 Å². The molecule has 6 nitrogen and oxygen atoms in total. The standard InChI is InChI=1S/C12H16N6/c1-7-3-4-9(8(2)5-7)15-10-6-11(18-14)17-12(13)16-10/h3-6H,14H2,1-2H3,(H4,13,15,16,17,18). The van der Waals surface area contributed by atoms with Gasteiger partial charge in [-0.15, -0.1) is 0 Å². The molecule has 0 bridgehead atoms. The van der Waals surface area contributed by atoms with Gasteiger partial charge in [-0.2, -0.15) is 9.97 Å². The van der Waals surface area contributed by atoms with Gasteiger partial charge in [0.2, 0.25) is 5.95 Å². The Morgan fingerprint density at radius 1 is 1.06 bits per heavy atom. The topological polar surface area (TPSA) is 102 Å². The Balaban J connectivity index is 2.30. The van der Waals surface area contributed by atoms with Crippen molar-refractivity contribution in [3.8, 4) is 0 Å². The number of hydrogen-bond donors (Lipinski definition) is 4. The molecule has 0 saturated heterocycles. The van der Waals surface area contributed by atoms with E-state index in [0.717, 1.165) is 11.3 Å². The minimum Gasteiger partial charge on any atom is -0.368 e. The van der Waals surface area contributed by atoms with Crippen LogP contribution in [0.15, 0.2) is 24.3 Å². The average molecular weight is 244 g/mol. The molecule has 6 N–H and O–H groups in total. The summed E-state index contributed by atoms with van der Waals surface area (Å²) < 4.78 is 0. The highest BCUT2D eigenvalue weighted by Gasteiger charge is 2.04. The summed E-state index contributed by atoms with van der Waals surface area (Å²) in [6.45, 7) is 4.08. The van der Waals surface area contributed by atoms with Crippen molar-refractivity contribution in [3.05, 3.63) is 35.4 Å². The lowest BCUT2D eigenvalue weighted by molar-refractivity contribution is 1.15. The van der Waals surface area contributed by atoms with Crippen molar-refractivity contribution in [2.75, 3.05) is 16.5 Å². The summed E-state index contributed by atoms with van der Waals surface area (Å²) in [6.07, 6.45) is 0. The largest absolute Gasteiger partial charge is 0.368 e. The average Bonchev–Trinajstić information content (AvgIpc) is 2.32. The second-order valence-corrected chi connectivity index (χ2v) is 4.08. The van der Waals surface area contributed by atoms with E-state index in [2.05, 4.69) is 33.7 Å². The molecule has 0 aliphatic rings. The summed E-state index contributed by atoms with van der Waals surface area (Å²) in [5.41, 5.74) is 11.4. The Bertz CT molecular complexity index is 566. The van der Waals surface area contributed by atoms with E-state index in [1.54, 1.807) is 6.07 Å². The fourth-order valence-corrected chi connectivity index (χ4v) is 1.70. The zero-order valence-corrected chi connectivity index (χ0v) is 10.4. The van der Waals surface area contributed by atoms with Crippen LogP contribution >= 0.6 is 0 Å². The van der Waals surface area contributed by atoms with Crippen LogP contribution in [0.3, 0.4) is 0 Å². The lowest BCUT2D eigenvalue weighted by atomic mass is 10.1. The molecule has 0 radical (unpaired) electrons. The van der Waals surface area contributed by atoms with Crippen molar-refractivity contribution < 1.29 is 0 Å². The molecule has 0 atom stereocenters. The zero-order valence-electron chi connectivity index (χ0n) is 10.4. The third-order valence-electron chi connectivity index (χ3n) is 2.54. The van der Waals surface area contributed by atoms with Crippen LogP contribution in [-0.4, -0.2) is 9.97 Å². The van der Waals surface area contributed by atoms with Crippen molar-refractivity contribution in [1.29, 1.82) is 0 Å². The summed E-state index contributed by atoms with van der Waals surface area (Å²) >= 11 is 0. The van der Waals surface area contributed by atoms with E-state index in [9.17, 15) is 0 Å². The van der Waals surface area contributed by atoms with Gasteiger partial charge in [0.15, 0.2) is 0 Å². The zero-order chi connectivity index (χ0) is 13.1. The smallest absolute Gasteiger partial charge is 0.223 e. The molecule has 2 rings (SSSR count). The summed E-state index contributed by atoms with van der Waals surface area (Å²) in [4.78, 5) is 8.02. The van der Waals surface area contributed by atoms with E-state index in [-0.39, 0.29) is 5.95 Å². The summed E-state index contributed by atoms with van der Waals surface area (Å²) in [7, 11) is 0. The fraction of sp³-hybridized carbons (Fsp3) is 0.167. The van der Waals surface area contributed by atoms with Gasteiger partial charge in [-0.1, -0.05) is 17.7 Å². The maximum atomic E-state index is 5.59.